The number of amides is 1. The zero-order chi connectivity index (χ0) is 14.0. The summed E-state index contributed by atoms with van der Waals surface area (Å²) >= 11 is 0. The molecule has 2 aromatic heterocycles. The van der Waals surface area contributed by atoms with Crippen LogP contribution in [-0.4, -0.2) is 22.4 Å². The molecule has 4 heteroatoms. The van der Waals surface area contributed by atoms with E-state index in [1.165, 1.54) is 0 Å². The van der Waals surface area contributed by atoms with Crippen LogP contribution < -0.4 is 5.32 Å². The van der Waals surface area contributed by atoms with E-state index in [9.17, 15) is 4.79 Å². The fourth-order valence-corrected chi connectivity index (χ4v) is 2.36. The van der Waals surface area contributed by atoms with Gasteiger partial charge in [-0.3, -0.25) is 9.78 Å². The Morgan fingerprint density at radius 2 is 2.10 bits per heavy atom. The lowest BCUT2D eigenvalue weighted by atomic mass is 10.0. The van der Waals surface area contributed by atoms with Crippen molar-refractivity contribution in [3.63, 3.8) is 0 Å². The summed E-state index contributed by atoms with van der Waals surface area (Å²) in [5, 5.41) is 2.99. The van der Waals surface area contributed by atoms with Crippen molar-refractivity contribution in [2.45, 2.75) is 25.2 Å². The minimum Gasteiger partial charge on any atom is -0.350 e. The zero-order valence-corrected chi connectivity index (χ0v) is 11.5. The van der Waals surface area contributed by atoms with E-state index < -0.39 is 0 Å². The quantitative estimate of drug-likeness (QED) is 0.924. The van der Waals surface area contributed by atoms with Gasteiger partial charge in [0.2, 0.25) is 0 Å². The van der Waals surface area contributed by atoms with E-state index in [2.05, 4.69) is 15.3 Å². The fraction of sp³-hybridized carbons (Fsp3) is 0.312. The second kappa shape index (κ2) is 5.04. The van der Waals surface area contributed by atoms with Crippen molar-refractivity contribution in [2.24, 2.45) is 0 Å². The van der Waals surface area contributed by atoms with Gasteiger partial charge in [-0.1, -0.05) is 12.1 Å². The Kier molecular flexibility index (Phi) is 3.22. The maximum atomic E-state index is 12.1. The molecule has 1 aliphatic carbocycles. The Bertz CT molecular complexity index is 621. The minimum absolute atomic E-state index is 0.0285. The lowest BCUT2D eigenvalue weighted by Gasteiger charge is -2.15. The molecule has 0 bridgehead atoms. The number of carbonyl (C=O) groups excluding carboxylic acids is 1. The third kappa shape index (κ3) is 2.54. The Hall–Kier alpha value is -2.23. The number of nitrogens with one attached hydrogen (secondary N) is 1. The van der Waals surface area contributed by atoms with Gasteiger partial charge in [0.25, 0.3) is 5.91 Å². The van der Waals surface area contributed by atoms with Crippen molar-refractivity contribution in [1.82, 2.24) is 15.3 Å². The topological polar surface area (TPSA) is 54.9 Å². The molecule has 0 radical (unpaired) electrons. The summed E-state index contributed by atoms with van der Waals surface area (Å²) in [5.41, 5.74) is 2.42. The number of rotatable bonds is 4. The fourth-order valence-electron chi connectivity index (χ4n) is 2.36. The SMILES string of the molecule is Cc1cccc(C(=O)NCC2(c3ccccn3)CC2)n1. The molecule has 0 spiro atoms. The molecule has 1 amide bonds. The van der Waals surface area contributed by atoms with Gasteiger partial charge in [-0.05, 0) is 44.0 Å². The number of nitrogens with zero attached hydrogens (tertiary/aromatic N) is 2. The summed E-state index contributed by atoms with van der Waals surface area (Å²) in [4.78, 5) is 20.8. The highest BCUT2D eigenvalue weighted by molar-refractivity contribution is 5.92. The number of aryl methyl sites for hydroxylation is 1. The van der Waals surface area contributed by atoms with Gasteiger partial charge in [0, 0.05) is 29.5 Å². The van der Waals surface area contributed by atoms with Crippen LogP contribution >= 0.6 is 0 Å². The third-order valence-corrected chi connectivity index (χ3v) is 3.77. The number of aromatic nitrogens is 2. The van der Waals surface area contributed by atoms with Crippen molar-refractivity contribution >= 4 is 5.91 Å². The molecule has 1 fully saturated rings. The smallest absolute Gasteiger partial charge is 0.269 e. The maximum Gasteiger partial charge on any atom is 0.269 e. The Labute approximate surface area is 118 Å². The van der Waals surface area contributed by atoms with Gasteiger partial charge in [0.05, 0.1) is 0 Å². The first kappa shape index (κ1) is 12.8. The molecule has 1 saturated carbocycles. The van der Waals surface area contributed by atoms with Crippen LogP contribution in [0.2, 0.25) is 0 Å². The molecule has 20 heavy (non-hydrogen) atoms. The molecule has 1 aliphatic rings. The standard InChI is InChI=1S/C16H17N3O/c1-12-5-4-6-13(19-12)15(20)18-11-16(8-9-16)14-7-2-3-10-17-14/h2-7,10H,8-9,11H2,1H3,(H,18,20). The van der Waals surface area contributed by atoms with Gasteiger partial charge in [0.1, 0.15) is 5.69 Å². The van der Waals surface area contributed by atoms with Crippen LogP contribution in [0.5, 0.6) is 0 Å². The van der Waals surface area contributed by atoms with Crippen LogP contribution in [0.25, 0.3) is 0 Å². The Morgan fingerprint density at radius 1 is 1.25 bits per heavy atom. The van der Waals surface area contributed by atoms with E-state index in [-0.39, 0.29) is 11.3 Å². The van der Waals surface area contributed by atoms with Crippen LogP contribution in [0.1, 0.15) is 34.7 Å². The van der Waals surface area contributed by atoms with Crippen LogP contribution in [0, 0.1) is 6.92 Å². The zero-order valence-electron chi connectivity index (χ0n) is 11.5. The van der Waals surface area contributed by atoms with Crippen LogP contribution in [0.3, 0.4) is 0 Å². The maximum absolute atomic E-state index is 12.1. The van der Waals surface area contributed by atoms with Gasteiger partial charge in [0.15, 0.2) is 0 Å². The highest BCUT2D eigenvalue weighted by Gasteiger charge is 2.45. The largest absolute Gasteiger partial charge is 0.350 e. The average Bonchev–Trinajstić information content (AvgIpc) is 3.27. The molecule has 0 aliphatic heterocycles. The summed E-state index contributed by atoms with van der Waals surface area (Å²) in [6.07, 6.45) is 3.95. The van der Waals surface area contributed by atoms with Gasteiger partial charge in [-0.15, -0.1) is 0 Å². The molecule has 102 valence electrons. The molecular formula is C16H17N3O. The van der Waals surface area contributed by atoms with Gasteiger partial charge >= 0.3 is 0 Å². The van der Waals surface area contributed by atoms with Crippen LogP contribution in [0.4, 0.5) is 0 Å². The molecule has 0 aromatic carbocycles. The number of pyridine rings is 2. The predicted molar refractivity (Wildman–Crippen MR) is 76.5 cm³/mol. The van der Waals surface area contributed by atoms with Crippen LogP contribution in [0.15, 0.2) is 42.6 Å². The van der Waals surface area contributed by atoms with E-state index in [0.29, 0.717) is 12.2 Å². The summed E-state index contributed by atoms with van der Waals surface area (Å²) < 4.78 is 0. The number of hydrogen-bond acceptors (Lipinski definition) is 3. The first-order chi connectivity index (χ1) is 9.70. The second-order valence-electron chi connectivity index (χ2n) is 5.34. The Balaban J connectivity index is 1.67. The van der Waals surface area contributed by atoms with E-state index in [0.717, 1.165) is 24.2 Å². The molecule has 3 rings (SSSR count). The molecular weight excluding hydrogens is 250 g/mol. The number of carbonyl (C=O) groups is 1. The molecule has 0 saturated heterocycles. The molecule has 0 atom stereocenters. The van der Waals surface area contributed by atoms with Crippen molar-refractivity contribution in [2.75, 3.05) is 6.54 Å². The highest BCUT2D eigenvalue weighted by Crippen LogP contribution is 2.46. The predicted octanol–water partition coefficient (Wildman–Crippen LogP) is 2.25. The van der Waals surface area contributed by atoms with Crippen LogP contribution in [-0.2, 0) is 5.41 Å². The molecule has 2 heterocycles. The molecule has 0 unspecified atom stereocenters. The molecule has 4 nitrogen and oxygen atoms in total. The van der Waals surface area contributed by atoms with Crippen molar-refractivity contribution in [1.29, 1.82) is 0 Å². The Morgan fingerprint density at radius 3 is 2.75 bits per heavy atom. The monoisotopic (exact) mass is 267 g/mol. The first-order valence-corrected chi connectivity index (χ1v) is 6.83. The molecule has 2 aromatic rings. The highest BCUT2D eigenvalue weighted by atomic mass is 16.1. The van der Waals surface area contributed by atoms with E-state index >= 15 is 0 Å². The van der Waals surface area contributed by atoms with Crippen molar-refractivity contribution in [3.05, 3.63) is 59.7 Å². The summed E-state index contributed by atoms with van der Waals surface area (Å²) in [6, 6.07) is 11.4. The van der Waals surface area contributed by atoms with Crippen molar-refractivity contribution in [3.8, 4) is 0 Å². The van der Waals surface area contributed by atoms with Gasteiger partial charge in [-0.25, -0.2) is 4.98 Å². The molecule has 1 N–H and O–H groups in total. The lowest BCUT2D eigenvalue weighted by molar-refractivity contribution is 0.0944. The van der Waals surface area contributed by atoms with E-state index in [4.69, 9.17) is 0 Å². The van der Waals surface area contributed by atoms with E-state index in [1.807, 2.05) is 37.3 Å². The lowest BCUT2D eigenvalue weighted by Crippen LogP contribution is -2.33. The third-order valence-electron chi connectivity index (χ3n) is 3.77. The van der Waals surface area contributed by atoms with Gasteiger partial charge in [-0.2, -0.15) is 0 Å². The normalized spacial score (nSPS) is 15.7. The second-order valence-corrected chi connectivity index (χ2v) is 5.34. The van der Waals surface area contributed by atoms with Gasteiger partial charge < -0.3 is 5.32 Å². The van der Waals surface area contributed by atoms with E-state index in [1.54, 1.807) is 12.3 Å². The summed E-state index contributed by atoms with van der Waals surface area (Å²) in [6.45, 7) is 2.51. The summed E-state index contributed by atoms with van der Waals surface area (Å²) in [7, 11) is 0. The summed E-state index contributed by atoms with van der Waals surface area (Å²) in [5.74, 6) is -0.115. The van der Waals surface area contributed by atoms with Crippen molar-refractivity contribution < 1.29 is 4.79 Å². The number of hydrogen-bond donors (Lipinski definition) is 1. The average molecular weight is 267 g/mol. The minimum atomic E-state index is -0.115. The first-order valence-electron chi connectivity index (χ1n) is 6.83.